The number of nitrogens with one attached hydrogen (secondary N) is 1. The first-order chi connectivity index (χ1) is 7.34. The molecule has 2 nitrogen and oxygen atoms in total. The normalized spacial score (nSPS) is 9.25. The fraction of sp³-hybridized carbons (Fsp3) is 0.0769. The number of aromatic hydroxyl groups is 1. The zero-order valence-corrected chi connectivity index (χ0v) is 9.58. The van der Waals surface area contributed by atoms with Crippen molar-refractivity contribution in [1.29, 1.82) is 0 Å². The number of hydrogen-bond donors (Lipinski definition) is 2. The van der Waals surface area contributed by atoms with Crippen LogP contribution in [0.1, 0.15) is 5.56 Å². The molecule has 84 valence electrons. The summed E-state index contributed by atoms with van der Waals surface area (Å²) < 4.78 is 0. The minimum absolute atomic E-state index is 0. The summed E-state index contributed by atoms with van der Waals surface area (Å²) in [4.78, 5) is 0. The van der Waals surface area contributed by atoms with E-state index in [1.165, 1.54) is 0 Å². The van der Waals surface area contributed by atoms with Gasteiger partial charge in [-0.25, -0.2) is 0 Å². The lowest BCUT2D eigenvalue weighted by Gasteiger charge is -2.05. The number of halogens is 1. The average molecular weight is 236 g/mol. The van der Waals surface area contributed by atoms with Crippen LogP contribution in [0.3, 0.4) is 0 Å². The van der Waals surface area contributed by atoms with Crippen molar-refractivity contribution < 1.29 is 5.11 Å². The van der Waals surface area contributed by atoms with Gasteiger partial charge in [0.25, 0.3) is 0 Å². The van der Waals surface area contributed by atoms with E-state index in [-0.39, 0.29) is 12.4 Å². The number of phenolic OH excluding ortho intramolecular Hbond substituents is 1. The molecule has 0 bridgehead atoms. The van der Waals surface area contributed by atoms with E-state index in [0.29, 0.717) is 5.75 Å². The highest BCUT2D eigenvalue weighted by molar-refractivity contribution is 5.85. The van der Waals surface area contributed by atoms with Crippen molar-refractivity contribution in [1.82, 2.24) is 0 Å². The van der Waals surface area contributed by atoms with Crippen LogP contribution in [0.2, 0.25) is 0 Å². The summed E-state index contributed by atoms with van der Waals surface area (Å²) in [6, 6.07) is 17.3. The second-order valence-corrected chi connectivity index (χ2v) is 3.39. The van der Waals surface area contributed by atoms with Crippen LogP contribution in [-0.4, -0.2) is 5.11 Å². The predicted octanol–water partition coefficient (Wildman–Crippen LogP) is 3.43. The fourth-order valence-corrected chi connectivity index (χ4v) is 1.37. The summed E-state index contributed by atoms with van der Waals surface area (Å²) >= 11 is 0. The number of para-hydroxylation sites is 1. The molecule has 0 saturated carbocycles. The molecule has 0 aliphatic rings. The van der Waals surface area contributed by atoms with E-state index in [4.69, 9.17) is 5.11 Å². The highest BCUT2D eigenvalue weighted by atomic mass is 35.5. The molecule has 16 heavy (non-hydrogen) atoms. The van der Waals surface area contributed by atoms with Gasteiger partial charge in [0.05, 0.1) is 0 Å². The minimum Gasteiger partial charge on any atom is -0.508 e. The van der Waals surface area contributed by atoms with Gasteiger partial charge in [-0.05, 0) is 29.8 Å². The van der Waals surface area contributed by atoms with Crippen molar-refractivity contribution in [3.05, 3.63) is 60.2 Å². The minimum atomic E-state index is 0. The Balaban J connectivity index is 0.00000128. The van der Waals surface area contributed by atoms with Crippen LogP contribution in [0.25, 0.3) is 0 Å². The summed E-state index contributed by atoms with van der Waals surface area (Å²) in [7, 11) is 0. The lowest BCUT2D eigenvalue weighted by molar-refractivity contribution is 0.475. The molecule has 2 rings (SSSR count). The molecule has 0 aliphatic heterocycles. The molecule has 0 unspecified atom stereocenters. The van der Waals surface area contributed by atoms with Crippen LogP contribution in [-0.2, 0) is 6.54 Å². The molecule has 0 aliphatic carbocycles. The van der Waals surface area contributed by atoms with Crippen molar-refractivity contribution in [2.45, 2.75) is 6.54 Å². The SMILES string of the molecule is Cl.Oc1ccc(CNc2ccccc2)cc1. The van der Waals surface area contributed by atoms with E-state index in [2.05, 4.69) is 5.32 Å². The van der Waals surface area contributed by atoms with E-state index in [1.54, 1.807) is 12.1 Å². The molecular weight excluding hydrogens is 222 g/mol. The maximum atomic E-state index is 9.12. The molecular formula is C13H14ClNO. The summed E-state index contributed by atoms with van der Waals surface area (Å²) in [5.41, 5.74) is 2.25. The highest BCUT2D eigenvalue weighted by Gasteiger charge is 1.93. The smallest absolute Gasteiger partial charge is 0.115 e. The molecule has 0 amide bonds. The summed E-state index contributed by atoms with van der Waals surface area (Å²) in [6.07, 6.45) is 0. The molecule has 0 fully saturated rings. The largest absolute Gasteiger partial charge is 0.508 e. The first kappa shape index (κ1) is 12.4. The van der Waals surface area contributed by atoms with Crippen molar-refractivity contribution in [3.63, 3.8) is 0 Å². The molecule has 0 atom stereocenters. The Bertz CT molecular complexity index is 414. The molecule has 3 heteroatoms. The summed E-state index contributed by atoms with van der Waals surface area (Å²) in [5, 5.41) is 12.4. The van der Waals surface area contributed by atoms with Gasteiger partial charge in [-0.15, -0.1) is 12.4 Å². The van der Waals surface area contributed by atoms with Crippen molar-refractivity contribution in [3.8, 4) is 5.75 Å². The molecule has 0 radical (unpaired) electrons. The van der Waals surface area contributed by atoms with Crippen LogP contribution in [0.4, 0.5) is 5.69 Å². The Hall–Kier alpha value is -1.67. The molecule has 0 aromatic heterocycles. The van der Waals surface area contributed by atoms with Gasteiger partial charge >= 0.3 is 0 Å². The monoisotopic (exact) mass is 235 g/mol. The van der Waals surface area contributed by atoms with Gasteiger partial charge in [0.15, 0.2) is 0 Å². The molecule has 0 saturated heterocycles. The van der Waals surface area contributed by atoms with E-state index < -0.39 is 0 Å². The predicted molar refractivity (Wildman–Crippen MR) is 69.1 cm³/mol. The second-order valence-electron chi connectivity index (χ2n) is 3.39. The van der Waals surface area contributed by atoms with Gasteiger partial charge in [-0.2, -0.15) is 0 Å². The van der Waals surface area contributed by atoms with Crippen molar-refractivity contribution in [2.75, 3.05) is 5.32 Å². The standard InChI is InChI=1S/C13H13NO.ClH/c15-13-8-6-11(7-9-13)10-14-12-4-2-1-3-5-12;/h1-9,14-15H,10H2;1H. The van der Waals surface area contributed by atoms with Gasteiger partial charge in [0.1, 0.15) is 5.75 Å². The number of phenols is 1. The molecule has 0 heterocycles. The Morgan fingerprint density at radius 2 is 1.50 bits per heavy atom. The Morgan fingerprint density at radius 1 is 0.875 bits per heavy atom. The molecule has 2 aromatic carbocycles. The van der Waals surface area contributed by atoms with Crippen LogP contribution in [0.5, 0.6) is 5.75 Å². The number of rotatable bonds is 3. The second kappa shape index (κ2) is 6.03. The third-order valence-corrected chi connectivity index (χ3v) is 2.21. The fourth-order valence-electron chi connectivity index (χ4n) is 1.37. The Morgan fingerprint density at radius 3 is 2.12 bits per heavy atom. The average Bonchev–Trinajstić information content (AvgIpc) is 2.30. The number of hydrogen-bond acceptors (Lipinski definition) is 2. The van der Waals surface area contributed by atoms with E-state index in [9.17, 15) is 0 Å². The summed E-state index contributed by atoms with van der Waals surface area (Å²) in [6.45, 7) is 0.768. The highest BCUT2D eigenvalue weighted by Crippen LogP contribution is 2.12. The first-order valence-corrected chi connectivity index (χ1v) is 4.91. The van der Waals surface area contributed by atoms with Crippen LogP contribution in [0.15, 0.2) is 54.6 Å². The van der Waals surface area contributed by atoms with Crippen LogP contribution < -0.4 is 5.32 Å². The van der Waals surface area contributed by atoms with Crippen molar-refractivity contribution in [2.24, 2.45) is 0 Å². The quantitative estimate of drug-likeness (QED) is 0.855. The molecule has 0 spiro atoms. The third kappa shape index (κ3) is 3.48. The van der Waals surface area contributed by atoms with Crippen molar-refractivity contribution >= 4 is 18.1 Å². The number of anilines is 1. The Kier molecular flexibility index (Phi) is 4.67. The first-order valence-electron chi connectivity index (χ1n) is 4.91. The van der Waals surface area contributed by atoms with Crippen LogP contribution >= 0.6 is 12.4 Å². The summed E-state index contributed by atoms with van der Waals surface area (Å²) in [5.74, 6) is 0.304. The van der Waals surface area contributed by atoms with Crippen LogP contribution in [0, 0.1) is 0 Å². The maximum absolute atomic E-state index is 9.12. The topological polar surface area (TPSA) is 32.3 Å². The van der Waals surface area contributed by atoms with Gasteiger partial charge in [0.2, 0.25) is 0 Å². The zero-order chi connectivity index (χ0) is 10.5. The van der Waals surface area contributed by atoms with Gasteiger partial charge in [-0.3, -0.25) is 0 Å². The lowest BCUT2D eigenvalue weighted by Crippen LogP contribution is -1.98. The molecule has 2 N–H and O–H groups in total. The van der Waals surface area contributed by atoms with E-state index in [1.807, 2.05) is 42.5 Å². The molecule has 2 aromatic rings. The van der Waals surface area contributed by atoms with Gasteiger partial charge in [0, 0.05) is 12.2 Å². The third-order valence-electron chi connectivity index (χ3n) is 2.21. The van der Waals surface area contributed by atoms with E-state index in [0.717, 1.165) is 17.8 Å². The van der Waals surface area contributed by atoms with Gasteiger partial charge in [-0.1, -0.05) is 30.3 Å². The van der Waals surface area contributed by atoms with E-state index >= 15 is 0 Å². The van der Waals surface area contributed by atoms with Gasteiger partial charge < -0.3 is 10.4 Å². The maximum Gasteiger partial charge on any atom is 0.115 e. The lowest BCUT2D eigenvalue weighted by atomic mass is 10.2. The zero-order valence-electron chi connectivity index (χ0n) is 8.76. The number of benzene rings is 2. The Labute approximate surface area is 101 Å².